The van der Waals surface area contributed by atoms with Gasteiger partial charge < -0.3 is 9.47 Å². The van der Waals surface area contributed by atoms with Crippen molar-refractivity contribution in [3.63, 3.8) is 0 Å². The summed E-state index contributed by atoms with van der Waals surface area (Å²) in [7, 11) is 2.30. The second-order valence-electron chi connectivity index (χ2n) is 8.43. The third-order valence-electron chi connectivity index (χ3n) is 6.68. The highest BCUT2D eigenvalue weighted by molar-refractivity contribution is 6.00. The first-order chi connectivity index (χ1) is 18.3. The van der Waals surface area contributed by atoms with Crippen LogP contribution in [0.2, 0.25) is 0 Å². The van der Waals surface area contributed by atoms with Crippen LogP contribution in [0.25, 0.3) is 0 Å². The zero-order valence-corrected chi connectivity index (χ0v) is 20.2. The van der Waals surface area contributed by atoms with E-state index in [1.54, 1.807) is 11.1 Å². The maximum Gasteiger partial charge on any atom is 0.339 e. The van der Waals surface area contributed by atoms with Crippen LogP contribution in [0.5, 0.6) is 0 Å². The van der Waals surface area contributed by atoms with E-state index >= 15 is 0 Å². The number of benzene rings is 2. The number of hydrogen-bond donors (Lipinski definition) is 1. The SMILES string of the molecule is COC(=O)c1cc(C#N)c(C2NN3CC=CCC3(c3cc(C#N)c(C(=O)OC)cc3C#N)C2=O)cc1C#N. The van der Waals surface area contributed by atoms with Crippen LogP contribution >= 0.6 is 0 Å². The highest BCUT2D eigenvalue weighted by atomic mass is 16.5. The molecular weight excluding hydrogens is 488 g/mol. The lowest BCUT2D eigenvalue weighted by Gasteiger charge is -2.38. The van der Waals surface area contributed by atoms with Gasteiger partial charge >= 0.3 is 11.9 Å². The van der Waals surface area contributed by atoms with Crippen molar-refractivity contribution in [2.45, 2.75) is 18.0 Å². The van der Waals surface area contributed by atoms with Crippen molar-refractivity contribution in [2.75, 3.05) is 20.8 Å². The number of rotatable bonds is 4. The van der Waals surface area contributed by atoms with Gasteiger partial charge in [-0.1, -0.05) is 12.2 Å². The first-order valence-electron chi connectivity index (χ1n) is 11.2. The van der Waals surface area contributed by atoms with Crippen molar-refractivity contribution in [2.24, 2.45) is 0 Å². The molecule has 2 heterocycles. The first kappa shape index (κ1) is 25.8. The molecule has 2 aromatic rings. The molecule has 186 valence electrons. The number of hydrazine groups is 1. The van der Waals surface area contributed by atoms with Gasteiger partial charge in [-0.05, 0) is 36.2 Å². The summed E-state index contributed by atoms with van der Waals surface area (Å²) in [6, 6.07) is 11.8. The van der Waals surface area contributed by atoms with E-state index in [-0.39, 0.29) is 57.5 Å². The van der Waals surface area contributed by atoms with E-state index in [0.717, 1.165) is 14.2 Å². The molecule has 0 aliphatic carbocycles. The van der Waals surface area contributed by atoms with Crippen LogP contribution in [-0.2, 0) is 19.8 Å². The Labute approximate surface area is 217 Å². The topological polar surface area (TPSA) is 180 Å². The van der Waals surface area contributed by atoms with E-state index in [9.17, 15) is 35.4 Å². The fourth-order valence-corrected chi connectivity index (χ4v) is 4.88. The Bertz CT molecular complexity index is 1600. The van der Waals surface area contributed by atoms with Gasteiger partial charge in [0.15, 0.2) is 5.78 Å². The highest BCUT2D eigenvalue weighted by Crippen LogP contribution is 2.46. The molecule has 2 unspecified atom stereocenters. The lowest BCUT2D eigenvalue weighted by molar-refractivity contribution is -0.126. The first-order valence-corrected chi connectivity index (χ1v) is 11.2. The third kappa shape index (κ3) is 3.77. The van der Waals surface area contributed by atoms with Crippen molar-refractivity contribution in [3.8, 4) is 24.3 Å². The van der Waals surface area contributed by atoms with Crippen LogP contribution in [0.15, 0.2) is 36.4 Å². The molecule has 1 fully saturated rings. The smallest absolute Gasteiger partial charge is 0.339 e. The van der Waals surface area contributed by atoms with Crippen molar-refractivity contribution in [3.05, 3.63) is 80.9 Å². The molecule has 0 saturated carbocycles. The molecule has 0 spiro atoms. The predicted molar refractivity (Wildman–Crippen MR) is 127 cm³/mol. The Kier molecular flexibility index (Phi) is 6.76. The number of ether oxygens (including phenoxy) is 2. The summed E-state index contributed by atoms with van der Waals surface area (Å²) in [4.78, 5) is 38.6. The lowest BCUT2D eigenvalue weighted by Crippen LogP contribution is -2.50. The van der Waals surface area contributed by atoms with E-state index in [0.29, 0.717) is 0 Å². The summed E-state index contributed by atoms with van der Waals surface area (Å²) in [6.07, 6.45) is 3.71. The van der Waals surface area contributed by atoms with Crippen LogP contribution in [0.4, 0.5) is 0 Å². The van der Waals surface area contributed by atoms with Crippen LogP contribution in [0, 0.1) is 45.3 Å². The van der Waals surface area contributed by atoms with Gasteiger partial charge in [0.1, 0.15) is 23.7 Å². The normalized spacial score (nSPS) is 19.8. The van der Waals surface area contributed by atoms with Crippen molar-refractivity contribution >= 4 is 17.7 Å². The van der Waals surface area contributed by atoms with E-state index in [2.05, 4.69) is 5.43 Å². The number of nitrogens with one attached hydrogen (secondary N) is 1. The lowest BCUT2D eigenvalue weighted by atomic mass is 9.75. The summed E-state index contributed by atoms with van der Waals surface area (Å²) >= 11 is 0. The molecule has 11 nitrogen and oxygen atoms in total. The van der Waals surface area contributed by atoms with Crippen molar-refractivity contribution < 1.29 is 23.9 Å². The number of nitriles is 4. The number of carbonyl (C=O) groups is 3. The predicted octanol–water partition coefficient (Wildman–Crippen LogP) is 2.03. The standard InChI is InChI=1S/C27H18N6O5/c1-37-25(35)20-8-15(11-28)19(7-16(20)12-29)23-24(34)27(5-3-4-6-33(27)32-23)22-10-17(13-30)21(26(36)38-2)9-18(22)14-31/h3-4,7-10,23,32H,5-6H2,1-2H3. The second kappa shape index (κ2) is 9.97. The quantitative estimate of drug-likeness (QED) is 0.473. The summed E-state index contributed by atoms with van der Waals surface area (Å²) in [6.45, 7) is 0.237. The number of nitrogens with zero attached hydrogens (tertiary/aromatic N) is 5. The van der Waals surface area contributed by atoms with Crippen LogP contribution in [-0.4, -0.2) is 43.5 Å². The van der Waals surface area contributed by atoms with Gasteiger partial charge in [-0.3, -0.25) is 4.79 Å². The Balaban J connectivity index is 1.94. The van der Waals surface area contributed by atoms with E-state index in [1.807, 2.05) is 30.4 Å². The van der Waals surface area contributed by atoms with E-state index in [4.69, 9.17) is 9.47 Å². The van der Waals surface area contributed by atoms with Gasteiger partial charge in [0.2, 0.25) is 0 Å². The van der Waals surface area contributed by atoms with Crippen LogP contribution < -0.4 is 5.43 Å². The number of esters is 2. The average Bonchev–Trinajstić information content (AvgIpc) is 3.27. The number of Topliss-reactive ketones (excluding diaryl/α,β-unsaturated/α-hetero) is 1. The molecule has 2 atom stereocenters. The average molecular weight is 506 g/mol. The maximum absolute atomic E-state index is 14.2. The molecule has 38 heavy (non-hydrogen) atoms. The summed E-state index contributed by atoms with van der Waals surface area (Å²) < 4.78 is 9.45. The summed E-state index contributed by atoms with van der Waals surface area (Å²) in [5.41, 5.74) is 1.62. The van der Waals surface area contributed by atoms with Gasteiger partial charge in [0.05, 0.1) is 59.7 Å². The van der Waals surface area contributed by atoms with Gasteiger partial charge in [-0.15, -0.1) is 0 Å². The number of hydrogen-bond acceptors (Lipinski definition) is 11. The summed E-state index contributed by atoms with van der Waals surface area (Å²) in [5, 5.41) is 40.8. The molecular formula is C27H18N6O5. The van der Waals surface area contributed by atoms with Crippen LogP contribution in [0.1, 0.15) is 66.6 Å². The minimum Gasteiger partial charge on any atom is -0.465 e. The number of carbonyl (C=O) groups excluding carboxylic acids is 3. The Morgan fingerprint density at radius 1 is 0.868 bits per heavy atom. The minimum absolute atomic E-state index is 0.000222. The monoisotopic (exact) mass is 506 g/mol. The molecule has 0 bridgehead atoms. The fourth-order valence-electron chi connectivity index (χ4n) is 4.88. The molecule has 0 aromatic heterocycles. The zero-order valence-electron chi connectivity index (χ0n) is 20.2. The van der Waals surface area contributed by atoms with Crippen molar-refractivity contribution in [1.29, 1.82) is 21.0 Å². The largest absolute Gasteiger partial charge is 0.465 e. The Morgan fingerprint density at radius 3 is 1.97 bits per heavy atom. The summed E-state index contributed by atoms with van der Waals surface area (Å²) in [5.74, 6) is -2.05. The highest BCUT2D eigenvalue weighted by Gasteiger charge is 2.56. The molecule has 0 amide bonds. The van der Waals surface area contributed by atoms with Gasteiger partial charge in [-0.2, -0.15) is 21.0 Å². The molecule has 2 aliphatic heterocycles. The molecule has 11 heteroatoms. The van der Waals surface area contributed by atoms with E-state index in [1.165, 1.54) is 24.3 Å². The van der Waals surface area contributed by atoms with Crippen molar-refractivity contribution in [1.82, 2.24) is 10.4 Å². The molecule has 2 aliphatic rings. The molecule has 0 radical (unpaired) electrons. The number of ketones is 1. The molecule has 2 aromatic carbocycles. The minimum atomic E-state index is -1.47. The fraction of sp³-hybridized carbons (Fsp3) is 0.222. The Morgan fingerprint density at radius 2 is 1.42 bits per heavy atom. The zero-order chi connectivity index (χ0) is 27.6. The second-order valence-corrected chi connectivity index (χ2v) is 8.43. The third-order valence-corrected chi connectivity index (χ3v) is 6.68. The van der Waals surface area contributed by atoms with Gasteiger partial charge in [-0.25, -0.2) is 20.0 Å². The van der Waals surface area contributed by atoms with Gasteiger partial charge in [0.25, 0.3) is 0 Å². The van der Waals surface area contributed by atoms with E-state index < -0.39 is 29.3 Å². The molecule has 1 saturated heterocycles. The molecule has 4 rings (SSSR count). The number of methoxy groups -OCH3 is 2. The van der Waals surface area contributed by atoms with Crippen LogP contribution in [0.3, 0.4) is 0 Å². The van der Waals surface area contributed by atoms with Gasteiger partial charge in [0, 0.05) is 12.1 Å². The molecule has 1 N–H and O–H groups in total. The maximum atomic E-state index is 14.2. The Hall–Kier alpha value is -5.33. The number of fused-ring (bicyclic) bond motifs is 1.